The van der Waals surface area contributed by atoms with Gasteiger partial charge in [0, 0.05) is 26.2 Å². The summed E-state index contributed by atoms with van der Waals surface area (Å²) in [5, 5.41) is 16.0. The van der Waals surface area contributed by atoms with Crippen molar-refractivity contribution >= 4 is 17.8 Å². The fourth-order valence-corrected chi connectivity index (χ4v) is 3.51. The van der Waals surface area contributed by atoms with E-state index >= 15 is 0 Å². The van der Waals surface area contributed by atoms with Gasteiger partial charge in [0.05, 0.1) is 12.3 Å². The molecule has 12 heteroatoms. The molecule has 1 aromatic rings. The smallest absolute Gasteiger partial charge is 0.475 e. The minimum absolute atomic E-state index is 0.0119. The summed E-state index contributed by atoms with van der Waals surface area (Å²) >= 11 is 0. The number of amides is 2. The Balaban J connectivity index is 0.000000396. The molecule has 0 saturated carbocycles. The third kappa shape index (κ3) is 4.91. The molecule has 164 valence electrons. The zero-order chi connectivity index (χ0) is 22.5. The van der Waals surface area contributed by atoms with Gasteiger partial charge in [-0.05, 0) is 32.0 Å². The molecule has 2 amide bonds. The van der Waals surface area contributed by atoms with Crippen LogP contribution in [0.4, 0.5) is 13.2 Å². The molecule has 0 atom stereocenters. The normalized spacial score (nSPS) is 19.1. The SMILES string of the molecule is CN1CCN(CC#N)C(=O)C12CCN(C(=O)c1ccco1)CC2.O=C(O)C(F)(F)F. The van der Waals surface area contributed by atoms with E-state index in [4.69, 9.17) is 19.6 Å². The minimum Gasteiger partial charge on any atom is -0.475 e. The number of carboxylic acids is 1. The van der Waals surface area contributed by atoms with Gasteiger partial charge >= 0.3 is 12.1 Å². The molecule has 2 aliphatic rings. The number of nitriles is 1. The number of rotatable bonds is 2. The molecule has 0 aromatic carbocycles. The van der Waals surface area contributed by atoms with Crippen LogP contribution in [0.3, 0.4) is 0 Å². The molecule has 1 spiro atoms. The summed E-state index contributed by atoms with van der Waals surface area (Å²) in [7, 11) is 1.95. The number of likely N-dealkylation sites (tertiary alicyclic amines) is 1. The van der Waals surface area contributed by atoms with E-state index in [9.17, 15) is 22.8 Å². The zero-order valence-corrected chi connectivity index (χ0v) is 16.2. The second-order valence-electron chi connectivity index (χ2n) is 6.91. The molecule has 2 saturated heterocycles. The summed E-state index contributed by atoms with van der Waals surface area (Å²) in [6.45, 7) is 2.48. The van der Waals surface area contributed by atoms with Crippen LogP contribution in [0.2, 0.25) is 0 Å². The Bertz CT molecular complexity index is 811. The van der Waals surface area contributed by atoms with Crippen molar-refractivity contribution in [1.82, 2.24) is 14.7 Å². The van der Waals surface area contributed by atoms with E-state index in [2.05, 4.69) is 11.0 Å². The average molecular weight is 430 g/mol. The lowest BCUT2D eigenvalue weighted by molar-refractivity contribution is -0.192. The van der Waals surface area contributed by atoms with E-state index in [0.717, 1.165) is 6.54 Å². The Morgan fingerprint density at radius 2 is 1.87 bits per heavy atom. The van der Waals surface area contributed by atoms with E-state index < -0.39 is 17.7 Å². The standard InChI is InChI=1S/C16H20N4O3.C2HF3O2/c1-18-10-11-20(9-6-17)15(22)16(18)4-7-19(8-5-16)14(21)13-3-2-12-23-13;3-2(4,5)1(6)7/h2-3,12H,4-5,7-11H2,1H3;(H,6,7). The van der Waals surface area contributed by atoms with Crippen molar-refractivity contribution in [2.45, 2.75) is 24.6 Å². The van der Waals surface area contributed by atoms with Crippen molar-refractivity contribution < 1.29 is 37.1 Å². The molecule has 30 heavy (non-hydrogen) atoms. The Hall–Kier alpha value is -3.07. The lowest BCUT2D eigenvalue weighted by Crippen LogP contribution is -2.68. The zero-order valence-electron chi connectivity index (χ0n) is 16.2. The van der Waals surface area contributed by atoms with Crippen LogP contribution in [0.1, 0.15) is 23.4 Å². The van der Waals surface area contributed by atoms with Crippen molar-refractivity contribution in [2.75, 3.05) is 39.8 Å². The predicted octanol–water partition coefficient (Wildman–Crippen LogP) is 1.19. The molecule has 0 aliphatic carbocycles. The number of halogens is 3. The summed E-state index contributed by atoms with van der Waals surface area (Å²) < 4.78 is 36.9. The lowest BCUT2D eigenvalue weighted by Gasteiger charge is -2.51. The maximum atomic E-state index is 12.8. The Morgan fingerprint density at radius 3 is 2.33 bits per heavy atom. The molecule has 1 aromatic heterocycles. The number of likely N-dealkylation sites (N-methyl/N-ethyl adjacent to an activating group) is 1. The number of carbonyl (C=O) groups excluding carboxylic acids is 2. The second-order valence-corrected chi connectivity index (χ2v) is 6.91. The molecule has 3 rings (SSSR count). The second kappa shape index (κ2) is 9.17. The third-order valence-electron chi connectivity index (χ3n) is 5.24. The first-order chi connectivity index (χ1) is 14.0. The summed E-state index contributed by atoms with van der Waals surface area (Å²) in [5.74, 6) is -2.55. The quantitative estimate of drug-likeness (QED) is 0.700. The average Bonchev–Trinajstić information content (AvgIpc) is 3.23. The van der Waals surface area contributed by atoms with Crippen molar-refractivity contribution in [2.24, 2.45) is 0 Å². The topological polar surface area (TPSA) is 118 Å². The highest BCUT2D eigenvalue weighted by Gasteiger charge is 2.49. The molecular weight excluding hydrogens is 409 g/mol. The number of piperazine rings is 1. The largest absolute Gasteiger partial charge is 0.490 e. The third-order valence-corrected chi connectivity index (χ3v) is 5.24. The number of nitrogens with zero attached hydrogens (tertiary/aromatic N) is 4. The van der Waals surface area contributed by atoms with Crippen LogP contribution >= 0.6 is 0 Å². The van der Waals surface area contributed by atoms with E-state index in [1.54, 1.807) is 21.9 Å². The summed E-state index contributed by atoms with van der Waals surface area (Å²) in [4.78, 5) is 39.5. The number of carboxylic acid groups (broad SMARTS) is 1. The molecule has 9 nitrogen and oxygen atoms in total. The number of hydrogen-bond donors (Lipinski definition) is 1. The molecule has 0 radical (unpaired) electrons. The first-order valence-corrected chi connectivity index (χ1v) is 9.03. The highest BCUT2D eigenvalue weighted by atomic mass is 19.4. The molecule has 3 heterocycles. The highest BCUT2D eigenvalue weighted by Crippen LogP contribution is 2.33. The molecular formula is C18H21F3N4O5. The number of carbonyl (C=O) groups is 3. The Kier molecular flexibility index (Phi) is 7.09. The lowest BCUT2D eigenvalue weighted by atomic mass is 9.82. The number of hydrogen-bond acceptors (Lipinski definition) is 6. The van der Waals surface area contributed by atoms with Gasteiger partial charge in [-0.2, -0.15) is 18.4 Å². The van der Waals surface area contributed by atoms with Crippen molar-refractivity contribution in [3.05, 3.63) is 24.2 Å². The molecule has 1 N–H and O–H groups in total. The van der Waals surface area contributed by atoms with Gasteiger partial charge in [-0.15, -0.1) is 0 Å². The van der Waals surface area contributed by atoms with Gasteiger partial charge in [0.2, 0.25) is 5.91 Å². The number of furan rings is 1. The van der Waals surface area contributed by atoms with Crippen molar-refractivity contribution in [1.29, 1.82) is 5.26 Å². The van der Waals surface area contributed by atoms with E-state index in [-0.39, 0.29) is 18.4 Å². The number of piperidine rings is 1. The Labute approximate surface area is 170 Å². The van der Waals surface area contributed by atoms with Crippen LogP contribution in [0.25, 0.3) is 0 Å². The number of aliphatic carboxylic acids is 1. The molecule has 0 unspecified atom stereocenters. The molecule has 2 aliphatic heterocycles. The van der Waals surface area contributed by atoms with Crippen LogP contribution < -0.4 is 0 Å². The van der Waals surface area contributed by atoms with Gasteiger partial charge in [0.15, 0.2) is 5.76 Å². The minimum atomic E-state index is -5.08. The van der Waals surface area contributed by atoms with Crippen molar-refractivity contribution in [3.63, 3.8) is 0 Å². The number of alkyl halides is 3. The fraction of sp³-hybridized carbons (Fsp3) is 0.556. The van der Waals surface area contributed by atoms with Crippen LogP contribution in [-0.4, -0.2) is 89.1 Å². The highest BCUT2D eigenvalue weighted by molar-refractivity contribution is 5.92. The summed E-state index contributed by atoms with van der Waals surface area (Å²) in [5.41, 5.74) is -0.588. The fourth-order valence-electron chi connectivity index (χ4n) is 3.51. The molecule has 0 bridgehead atoms. The van der Waals surface area contributed by atoms with E-state index in [1.165, 1.54) is 6.26 Å². The summed E-state index contributed by atoms with van der Waals surface area (Å²) in [6.07, 6.45) is -2.44. The van der Waals surface area contributed by atoms with Gasteiger partial charge in [-0.3, -0.25) is 14.5 Å². The predicted molar refractivity (Wildman–Crippen MR) is 95.1 cm³/mol. The monoisotopic (exact) mass is 430 g/mol. The van der Waals surface area contributed by atoms with Crippen LogP contribution in [0.15, 0.2) is 22.8 Å². The summed E-state index contributed by atoms with van der Waals surface area (Å²) in [6, 6.07) is 5.40. The first kappa shape index (κ1) is 23.2. The van der Waals surface area contributed by atoms with Crippen LogP contribution in [0.5, 0.6) is 0 Å². The van der Waals surface area contributed by atoms with E-state index in [1.807, 2.05) is 7.05 Å². The Morgan fingerprint density at radius 1 is 1.27 bits per heavy atom. The maximum Gasteiger partial charge on any atom is 0.490 e. The van der Waals surface area contributed by atoms with E-state index in [0.29, 0.717) is 38.2 Å². The van der Waals surface area contributed by atoms with Gasteiger partial charge in [0.25, 0.3) is 5.91 Å². The van der Waals surface area contributed by atoms with Gasteiger partial charge in [0.1, 0.15) is 12.1 Å². The van der Waals surface area contributed by atoms with Crippen molar-refractivity contribution in [3.8, 4) is 6.07 Å². The van der Waals surface area contributed by atoms with Crippen LogP contribution in [-0.2, 0) is 9.59 Å². The van der Waals surface area contributed by atoms with Crippen LogP contribution in [0, 0.1) is 11.3 Å². The molecule has 2 fully saturated rings. The van der Waals surface area contributed by atoms with Gasteiger partial charge in [-0.25, -0.2) is 4.79 Å². The van der Waals surface area contributed by atoms with Gasteiger partial charge in [-0.1, -0.05) is 0 Å². The van der Waals surface area contributed by atoms with Gasteiger partial charge < -0.3 is 19.3 Å². The maximum absolute atomic E-state index is 12.8. The first-order valence-electron chi connectivity index (χ1n) is 9.03.